The summed E-state index contributed by atoms with van der Waals surface area (Å²) in [7, 11) is 0. The summed E-state index contributed by atoms with van der Waals surface area (Å²) in [5.41, 5.74) is -4.31. The van der Waals surface area contributed by atoms with Gasteiger partial charge < -0.3 is 9.84 Å². The molecule has 0 saturated carbocycles. The van der Waals surface area contributed by atoms with Crippen molar-refractivity contribution in [3.05, 3.63) is 29.8 Å². The quantitative estimate of drug-likeness (QED) is 0.236. The van der Waals surface area contributed by atoms with Crippen LogP contribution in [0.25, 0.3) is 0 Å². The van der Waals surface area contributed by atoms with Crippen LogP contribution in [0.2, 0.25) is 0 Å². The van der Waals surface area contributed by atoms with Crippen molar-refractivity contribution in [2.45, 2.75) is 93.0 Å². The van der Waals surface area contributed by atoms with E-state index in [1.54, 1.807) is 0 Å². The molecule has 0 fully saturated rings. The number of ether oxygens (including phenoxy) is 1. The van der Waals surface area contributed by atoms with E-state index in [-0.39, 0.29) is 13.3 Å². The third kappa shape index (κ3) is 5.37. The lowest BCUT2D eigenvalue weighted by molar-refractivity contribution is -0.462. The van der Waals surface area contributed by atoms with Crippen molar-refractivity contribution in [1.29, 1.82) is 0 Å². The van der Waals surface area contributed by atoms with Crippen LogP contribution in [0.4, 0.5) is 74.6 Å². The molecule has 1 aromatic carbocycles. The number of benzene rings is 1. The van der Waals surface area contributed by atoms with Crippen LogP contribution in [0, 0.1) is 0 Å². The van der Waals surface area contributed by atoms with E-state index in [0.717, 1.165) is 18.2 Å². The summed E-state index contributed by atoms with van der Waals surface area (Å²) in [6.45, 7) is 3.15. The molecule has 0 aliphatic carbocycles. The van der Waals surface area contributed by atoms with Crippen LogP contribution in [-0.4, -0.2) is 58.8 Å². The molecule has 0 radical (unpaired) electrons. The number of para-hydroxylation sites is 1. The highest BCUT2D eigenvalue weighted by Gasteiger charge is 2.95. The van der Waals surface area contributed by atoms with Crippen molar-refractivity contribution >= 4 is 0 Å². The molecular weight excluding hydrogens is 607 g/mol. The summed E-state index contributed by atoms with van der Waals surface area (Å²) in [6, 6.07) is 3.79. The number of alkyl halides is 17. The van der Waals surface area contributed by atoms with Crippen LogP contribution in [-0.2, 0) is 5.60 Å². The molecular formula is C21H19F17O2. The second-order valence-electron chi connectivity index (χ2n) is 8.93. The lowest BCUT2D eigenvalue weighted by atomic mass is 9.83. The van der Waals surface area contributed by atoms with Crippen molar-refractivity contribution < 1.29 is 84.5 Å². The van der Waals surface area contributed by atoms with Crippen LogP contribution >= 0.6 is 0 Å². The summed E-state index contributed by atoms with van der Waals surface area (Å²) in [5, 5.41) is 10.4. The molecule has 1 aromatic rings. The molecule has 40 heavy (non-hydrogen) atoms. The first kappa shape index (κ1) is 35.8. The molecule has 2 nitrogen and oxygen atoms in total. The second-order valence-corrected chi connectivity index (χ2v) is 8.93. The van der Waals surface area contributed by atoms with Crippen molar-refractivity contribution in [1.82, 2.24) is 0 Å². The average molecular weight is 626 g/mol. The van der Waals surface area contributed by atoms with Crippen molar-refractivity contribution in [3.63, 3.8) is 0 Å². The van der Waals surface area contributed by atoms with E-state index >= 15 is 0 Å². The van der Waals surface area contributed by atoms with E-state index in [0.29, 0.717) is 6.07 Å². The first-order valence-corrected chi connectivity index (χ1v) is 10.6. The van der Waals surface area contributed by atoms with Gasteiger partial charge in [-0.15, -0.1) is 0 Å². The van der Waals surface area contributed by atoms with E-state index in [2.05, 4.69) is 0 Å². The van der Waals surface area contributed by atoms with Crippen molar-refractivity contribution in [2.24, 2.45) is 0 Å². The fraction of sp³-hybridized carbons (Fsp3) is 0.714. The molecule has 0 aliphatic heterocycles. The van der Waals surface area contributed by atoms with Crippen molar-refractivity contribution in [3.8, 4) is 5.75 Å². The van der Waals surface area contributed by atoms with Gasteiger partial charge in [-0.3, -0.25) is 0 Å². The van der Waals surface area contributed by atoms with Crippen LogP contribution in [0.5, 0.6) is 5.75 Å². The summed E-state index contributed by atoms with van der Waals surface area (Å²) in [6.07, 6.45) is -11.4. The van der Waals surface area contributed by atoms with Gasteiger partial charge in [-0.25, -0.2) is 0 Å². The first-order valence-electron chi connectivity index (χ1n) is 10.6. The molecule has 2 unspecified atom stereocenters. The van der Waals surface area contributed by atoms with Gasteiger partial charge in [0.1, 0.15) is 5.75 Å². The Morgan fingerprint density at radius 3 is 1.43 bits per heavy atom. The fourth-order valence-electron chi connectivity index (χ4n) is 3.15. The Hall–Kier alpha value is -2.21. The molecule has 2 atom stereocenters. The van der Waals surface area contributed by atoms with Gasteiger partial charge in [-0.1, -0.05) is 25.1 Å². The lowest BCUT2D eigenvalue weighted by Gasteiger charge is -2.43. The maximum Gasteiger partial charge on any atom is 0.460 e. The highest BCUT2D eigenvalue weighted by atomic mass is 19.4. The van der Waals surface area contributed by atoms with Gasteiger partial charge in [0.25, 0.3) is 0 Å². The van der Waals surface area contributed by atoms with E-state index in [9.17, 15) is 79.7 Å². The molecule has 0 saturated heterocycles. The Morgan fingerprint density at radius 2 is 1.02 bits per heavy atom. The molecule has 0 aromatic heterocycles. The lowest BCUT2D eigenvalue weighted by Crippen LogP contribution is -2.74. The number of aliphatic hydroxyl groups is 1. The van der Waals surface area contributed by atoms with Crippen LogP contribution in [0.1, 0.15) is 39.2 Å². The molecule has 0 amide bonds. The van der Waals surface area contributed by atoms with Gasteiger partial charge in [0.15, 0.2) is 0 Å². The molecule has 0 aliphatic rings. The Balaban J connectivity index is 3.64. The second kappa shape index (κ2) is 10.3. The van der Waals surface area contributed by atoms with E-state index in [1.165, 1.54) is 13.8 Å². The third-order valence-corrected chi connectivity index (χ3v) is 5.72. The minimum absolute atomic E-state index is 0.220. The summed E-state index contributed by atoms with van der Waals surface area (Å²) < 4.78 is 235. The third-order valence-electron chi connectivity index (χ3n) is 5.72. The molecule has 0 bridgehead atoms. The summed E-state index contributed by atoms with van der Waals surface area (Å²) in [4.78, 5) is 0. The van der Waals surface area contributed by atoms with E-state index in [1.807, 2.05) is 0 Å². The van der Waals surface area contributed by atoms with Crippen molar-refractivity contribution in [2.75, 3.05) is 0 Å². The Bertz CT molecular complexity index is 1030. The zero-order valence-electron chi connectivity index (χ0n) is 20.1. The van der Waals surface area contributed by atoms with Gasteiger partial charge >= 0.3 is 47.6 Å². The topological polar surface area (TPSA) is 29.5 Å². The molecule has 1 N–H and O–H groups in total. The molecule has 1 rings (SSSR count). The fourth-order valence-corrected chi connectivity index (χ4v) is 3.15. The number of hydrogen-bond acceptors (Lipinski definition) is 2. The van der Waals surface area contributed by atoms with Gasteiger partial charge in [0, 0.05) is 5.56 Å². The monoisotopic (exact) mass is 626 g/mol. The molecule has 234 valence electrons. The van der Waals surface area contributed by atoms with Gasteiger partial charge in [-0.2, -0.15) is 74.6 Å². The molecule has 19 heteroatoms. The van der Waals surface area contributed by atoms with Gasteiger partial charge in [0.2, 0.25) is 0 Å². The highest BCUT2D eigenvalue weighted by Crippen LogP contribution is 2.64. The summed E-state index contributed by atoms with van der Waals surface area (Å²) >= 11 is 0. The molecule has 0 heterocycles. The van der Waals surface area contributed by atoms with Crippen LogP contribution in [0.3, 0.4) is 0 Å². The highest BCUT2D eigenvalue weighted by molar-refractivity contribution is 5.38. The smallest absolute Gasteiger partial charge is 0.460 e. The van der Waals surface area contributed by atoms with E-state index in [4.69, 9.17) is 4.74 Å². The van der Waals surface area contributed by atoms with Gasteiger partial charge in [0.05, 0.1) is 18.1 Å². The maximum absolute atomic E-state index is 14.5. The largest absolute Gasteiger partial charge is 0.490 e. The maximum atomic E-state index is 14.5. The Morgan fingerprint density at radius 1 is 0.650 bits per heavy atom. The molecule has 0 spiro atoms. The zero-order valence-corrected chi connectivity index (χ0v) is 20.1. The standard InChI is InChI=1S/C21H19F17O2/c1-4-10(2)40-12-8-6-5-7-11(12)13(3,39)9-14(22,23)15(24,25)16(26,27)17(28,29)18(30,31)19(32,33)20(34,35)21(36,37)38/h5-8,10,39H,4,9H2,1-3H3. The number of hydrogen-bond donors (Lipinski definition) is 1. The summed E-state index contributed by atoms with van der Waals surface area (Å²) in [5.74, 6) is -57.8. The minimum atomic E-state index is -8.71. The minimum Gasteiger partial charge on any atom is -0.490 e. The SMILES string of the molecule is CCC(C)Oc1ccccc1C(C)(O)CC(F)(F)C(F)(F)C(F)(F)C(F)(F)C(F)(F)C(F)(F)C(F)(F)C(F)(F)F. The zero-order chi connectivity index (χ0) is 32.2. The predicted molar refractivity (Wildman–Crippen MR) is 102 cm³/mol. The van der Waals surface area contributed by atoms with E-state index < -0.39 is 77.1 Å². The first-order chi connectivity index (χ1) is 17.4. The van der Waals surface area contributed by atoms with Crippen LogP contribution in [0.15, 0.2) is 24.3 Å². The Kier molecular flexibility index (Phi) is 9.18. The Labute approximate surface area is 214 Å². The normalized spacial score (nSPS) is 17.4. The predicted octanol–water partition coefficient (Wildman–Crippen LogP) is 8.47. The van der Waals surface area contributed by atoms with Gasteiger partial charge in [-0.05, 0) is 26.3 Å². The average Bonchev–Trinajstić information content (AvgIpc) is 2.76. The van der Waals surface area contributed by atoms with Crippen LogP contribution < -0.4 is 4.74 Å². The number of halogens is 17. The number of rotatable bonds is 12.